The summed E-state index contributed by atoms with van der Waals surface area (Å²) in [5.41, 5.74) is 1.25. The summed E-state index contributed by atoms with van der Waals surface area (Å²) >= 11 is 0. The molecule has 84 valence electrons. The summed E-state index contributed by atoms with van der Waals surface area (Å²) < 4.78 is 11.4. The molecular weight excluding hydrogens is 213 g/mol. The summed E-state index contributed by atoms with van der Waals surface area (Å²) in [6.45, 7) is 0. The van der Waals surface area contributed by atoms with Crippen molar-refractivity contribution in [3.8, 4) is 11.5 Å². The predicted molar refractivity (Wildman–Crippen MR) is 66.2 cm³/mol. The molecule has 0 radical (unpaired) electrons. The van der Waals surface area contributed by atoms with Crippen molar-refractivity contribution in [2.45, 2.75) is 12.7 Å². The van der Waals surface area contributed by atoms with Crippen molar-refractivity contribution in [3.05, 3.63) is 54.4 Å². The van der Waals surface area contributed by atoms with Crippen LogP contribution in [0.3, 0.4) is 0 Å². The maximum absolute atomic E-state index is 5.69. The lowest BCUT2D eigenvalue weighted by Crippen LogP contribution is -2.24. The van der Waals surface area contributed by atoms with Gasteiger partial charge in [0.1, 0.15) is 11.5 Å². The van der Waals surface area contributed by atoms with Gasteiger partial charge in [0.2, 0.25) is 0 Å². The fourth-order valence-electron chi connectivity index (χ4n) is 1.90. The van der Waals surface area contributed by atoms with Gasteiger partial charge in [-0.2, -0.15) is 0 Å². The Morgan fingerprint density at radius 3 is 2.24 bits per heavy atom. The van der Waals surface area contributed by atoms with E-state index < -0.39 is 0 Å². The van der Waals surface area contributed by atoms with Gasteiger partial charge in [-0.15, -0.1) is 0 Å². The number of rotatable bonds is 3. The summed E-state index contributed by atoms with van der Waals surface area (Å²) in [5.74, 6) is 1.68. The van der Waals surface area contributed by atoms with Crippen molar-refractivity contribution in [3.63, 3.8) is 0 Å². The molecule has 0 bridgehead atoms. The Morgan fingerprint density at radius 1 is 0.941 bits per heavy atom. The zero-order valence-corrected chi connectivity index (χ0v) is 9.37. The summed E-state index contributed by atoms with van der Waals surface area (Å²) in [7, 11) is -0.166. The van der Waals surface area contributed by atoms with Crippen molar-refractivity contribution in [2.24, 2.45) is 0 Å². The number of fused-ring (bicyclic) bond motifs is 1. The van der Waals surface area contributed by atoms with E-state index in [1.807, 2.05) is 36.4 Å². The van der Waals surface area contributed by atoms with Gasteiger partial charge in [0.25, 0.3) is 0 Å². The fourth-order valence-corrected chi connectivity index (χ4v) is 1.90. The van der Waals surface area contributed by atoms with Gasteiger partial charge >= 0.3 is 7.12 Å². The molecule has 0 N–H and O–H groups in total. The largest absolute Gasteiger partial charge is 0.595 e. The van der Waals surface area contributed by atoms with E-state index in [0.29, 0.717) is 0 Å². The molecule has 3 rings (SSSR count). The minimum Gasteiger partial charge on any atom is -0.523 e. The van der Waals surface area contributed by atoms with Gasteiger partial charge < -0.3 is 9.31 Å². The number of nitrogens with zero attached hydrogens (tertiary/aromatic N) is 1. The van der Waals surface area contributed by atoms with Crippen molar-refractivity contribution in [2.75, 3.05) is 0 Å². The summed E-state index contributed by atoms with van der Waals surface area (Å²) in [4.78, 5) is 4.00. The fraction of sp³-hybridized carbons (Fsp3) is 0.154. The van der Waals surface area contributed by atoms with Crippen molar-refractivity contribution in [1.82, 2.24) is 4.98 Å². The number of aromatic nitrogens is 1. The van der Waals surface area contributed by atoms with Gasteiger partial charge in [-0.3, -0.25) is 4.98 Å². The van der Waals surface area contributed by atoms with E-state index in [4.69, 9.17) is 9.31 Å². The molecule has 0 saturated carbocycles. The highest BCUT2D eigenvalue weighted by atomic mass is 16.6. The van der Waals surface area contributed by atoms with Crippen LogP contribution in [0.5, 0.6) is 11.5 Å². The van der Waals surface area contributed by atoms with Crippen LogP contribution < -0.4 is 9.31 Å². The van der Waals surface area contributed by atoms with Crippen molar-refractivity contribution in [1.29, 1.82) is 0 Å². The third-order valence-corrected chi connectivity index (χ3v) is 2.78. The van der Waals surface area contributed by atoms with E-state index in [-0.39, 0.29) is 7.12 Å². The van der Waals surface area contributed by atoms with Crippen LogP contribution in [-0.4, -0.2) is 12.1 Å². The molecule has 1 aliphatic rings. The van der Waals surface area contributed by atoms with E-state index in [2.05, 4.69) is 4.98 Å². The number of aryl methyl sites for hydroxylation is 1. The van der Waals surface area contributed by atoms with Crippen molar-refractivity contribution >= 4 is 7.12 Å². The van der Waals surface area contributed by atoms with Gasteiger partial charge in [-0.05, 0) is 36.2 Å². The minimum absolute atomic E-state index is 0.166. The molecular formula is C13H12BNO2. The smallest absolute Gasteiger partial charge is 0.523 e. The maximum atomic E-state index is 5.69. The topological polar surface area (TPSA) is 31.4 Å². The van der Waals surface area contributed by atoms with Gasteiger partial charge in [-0.25, -0.2) is 0 Å². The quantitative estimate of drug-likeness (QED) is 0.752. The van der Waals surface area contributed by atoms with Crippen LogP contribution in [-0.2, 0) is 6.42 Å². The van der Waals surface area contributed by atoms with Crippen LogP contribution in [0.4, 0.5) is 0 Å². The molecule has 0 amide bonds. The number of benzene rings is 1. The van der Waals surface area contributed by atoms with E-state index in [1.165, 1.54) is 5.56 Å². The maximum Gasteiger partial charge on any atom is 0.595 e. The summed E-state index contributed by atoms with van der Waals surface area (Å²) in [5, 5.41) is 0. The Kier molecular flexibility index (Phi) is 2.70. The van der Waals surface area contributed by atoms with E-state index in [1.54, 1.807) is 12.4 Å². The molecule has 1 aromatic carbocycles. The van der Waals surface area contributed by atoms with Crippen LogP contribution in [0, 0.1) is 0 Å². The third kappa shape index (κ3) is 2.25. The molecule has 0 fully saturated rings. The Balaban J connectivity index is 1.59. The van der Waals surface area contributed by atoms with Crippen LogP contribution >= 0.6 is 0 Å². The normalized spacial score (nSPS) is 12.8. The monoisotopic (exact) mass is 225 g/mol. The first-order valence-electron chi connectivity index (χ1n) is 5.73. The van der Waals surface area contributed by atoms with Crippen LogP contribution in [0.1, 0.15) is 5.56 Å². The Bertz CT molecular complexity index is 479. The molecule has 0 aliphatic carbocycles. The third-order valence-electron chi connectivity index (χ3n) is 2.78. The molecule has 0 unspecified atom stereocenters. The average Bonchev–Trinajstić information content (AvgIpc) is 2.80. The molecule has 0 saturated heterocycles. The Labute approximate surface area is 101 Å². The molecule has 2 aromatic rings. The standard InChI is InChI=1S/C13H12BNO2/c1-2-4-13-12(3-1)16-14(17-13)8-5-11-6-9-15-10-7-11/h1-4,6-7,9-10H,5,8H2. The zero-order chi connectivity index (χ0) is 11.5. The highest BCUT2D eigenvalue weighted by Crippen LogP contribution is 2.33. The van der Waals surface area contributed by atoms with Crippen molar-refractivity contribution < 1.29 is 9.31 Å². The van der Waals surface area contributed by atoms with Gasteiger partial charge in [0.15, 0.2) is 0 Å². The van der Waals surface area contributed by atoms with Crippen LogP contribution in [0.15, 0.2) is 48.8 Å². The first-order chi connectivity index (χ1) is 8.42. The van der Waals surface area contributed by atoms with Crippen LogP contribution in [0.2, 0.25) is 6.32 Å². The molecule has 3 nitrogen and oxygen atoms in total. The molecule has 0 spiro atoms. The number of pyridine rings is 1. The minimum atomic E-state index is -0.166. The molecule has 4 heteroatoms. The van der Waals surface area contributed by atoms with Crippen LogP contribution in [0.25, 0.3) is 0 Å². The molecule has 17 heavy (non-hydrogen) atoms. The van der Waals surface area contributed by atoms with E-state index >= 15 is 0 Å². The molecule has 1 aliphatic heterocycles. The Morgan fingerprint density at radius 2 is 1.59 bits per heavy atom. The second-order valence-corrected chi connectivity index (χ2v) is 4.01. The first kappa shape index (κ1) is 10.2. The highest BCUT2D eigenvalue weighted by molar-refractivity contribution is 6.47. The average molecular weight is 225 g/mol. The lowest BCUT2D eigenvalue weighted by Gasteiger charge is -2.04. The van der Waals surface area contributed by atoms with Gasteiger partial charge in [0.05, 0.1) is 0 Å². The summed E-state index contributed by atoms with van der Waals surface area (Å²) in [6, 6.07) is 11.8. The van der Waals surface area contributed by atoms with E-state index in [9.17, 15) is 0 Å². The summed E-state index contributed by atoms with van der Waals surface area (Å²) in [6.07, 6.45) is 5.39. The molecule has 1 aromatic heterocycles. The lowest BCUT2D eigenvalue weighted by molar-refractivity contribution is 0.496. The second kappa shape index (κ2) is 4.49. The zero-order valence-electron chi connectivity index (χ0n) is 9.37. The van der Waals surface area contributed by atoms with Gasteiger partial charge in [0, 0.05) is 18.7 Å². The van der Waals surface area contributed by atoms with E-state index in [0.717, 1.165) is 24.2 Å². The predicted octanol–water partition coefficient (Wildman–Crippen LogP) is 2.58. The first-order valence-corrected chi connectivity index (χ1v) is 5.73. The number of hydrogen-bond donors (Lipinski definition) is 0. The lowest BCUT2D eigenvalue weighted by atomic mass is 9.82. The SMILES string of the molecule is c1ccc2c(c1)OB(CCc1ccncc1)O2. The molecule has 0 atom stereocenters. The number of para-hydroxylation sites is 2. The Hall–Kier alpha value is -1.97. The second-order valence-electron chi connectivity index (χ2n) is 4.01. The number of hydrogen-bond acceptors (Lipinski definition) is 3. The molecule has 2 heterocycles. The highest BCUT2D eigenvalue weighted by Gasteiger charge is 2.30. The van der Waals surface area contributed by atoms with Gasteiger partial charge in [-0.1, -0.05) is 12.1 Å².